The highest BCUT2D eigenvalue weighted by atomic mass is 16.2. The standard InChI is InChI=1S/C22H22N4O3/c27-20(13-26-14-23-18-11-5-4-10-17(18)22(26)29)25-19-12-6-3-9-16(19)21(28)24-15-7-1-2-8-15/h3-6,9-12,14-15H,1-2,7-8,13H2,(H,24,28)(H,25,27). The largest absolute Gasteiger partial charge is 0.349 e. The van der Waals surface area contributed by atoms with Crippen molar-refractivity contribution < 1.29 is 9.59 Å². The number of carbonyl (C=O) groups excluding carboxylic acids is 2. The molecule has 7 heteroatoms. The van der Waals surface area contributed by atoms with Gasteiger partial charge in [-0.25, -0.2) is 4.98 Å². The van der Waals surface area contributed by atoms with Gasteiger partial charge in [-0.05, 0) is 37.1 Å². The molecule has 148 valence electrons. The van der Waals surface area contributed by atoms with Gasteiger partial charge < -0.3 is 10.6 Å². The lowest BCUT2D eigenvalue weighted by Crippen LogP contribution is -2.33. The van der Waals surface area contributed by atoms with Crippen molar-refractivity contribution in [3.05, 3.63) is 70.8 Å². The van der Waals surface area contributed by atoms with Crippen molar-refractivity contribution in [3.63, 3.8) is 0 Å². The molecule has 2 amide bonds. The fourth-order valence-corrected chi connectivity index (χ4v) is 3.69. The molecule has 0 saturated heterocycles. The minimum atomic E-state index is -0.398. The van der Waals surface area contributed by atoms with Crippen LogP contribution in [0.15, 0.2) is 59.7 Å². The topological polar surface area (TPSA) is 93.1 Å². The summed E-state index contributed by atoms with van der Waals surface area (Å²) in [6.45, 7) is -0.185. The van der Waals surface area contributed by atoms with E-state index >= 15 is 0 Å². The summed E-state index contributed by atoms with van der Waals surface area (Å²) < 4.78 is 1.26. The molecular formula is C22H22N4O3. The lowest BCUT2D eigenvalue weighted by molar-refractivity contribution is -0.116. The Morgan fingerprint density at radius 2 is 1.76 bits per heavy atom. The molecule has 3 aromatic rings. The Labute approximate surface area is 167 Å². The van der Waals surface area contributed by atoms with Gasteiger partial charge in [-0.2, -0.15) is 0 Å². The van der Waals surface area contributed by atoms with E-state index in [-0.39, 0.29) is 24.1 Å². The van der Waals surface area contributed by atoms with Crippen molar-refractivity contribution in [3.8, 4) is 0 Å². The number of hydrogen-bond donors (Lipinski definition) is 2. The van der Waals surface area contributed by atoms with E-state index in [0.717, 1.165) is 25.7 Å². The van der Waals surface area contributed by atoms with Crippen molar-refractivity contribution in [2.45, 2.75) is 38.3 Å². The fraction of sp³-hybridized carbons (Fsp3) is 0.273. The van der Waals surface area contributed by atoms with Gasteiger partial charge in [0.15, 0.2) is 0 Å². The molecule has 4 rings (SSSR count). The van der Waals surface area contributed by atoms with Crippen molar-refractivity contribution in [1.29, 1.82) is 0 Å². The first-order chi connectivity index (χ1) is 14.1. The average Bonchev–Trinajstić information content (AvgIpc) is 3.23. The summed E-state index contributed by atoms with van der Waals surface area (Å²) in [5.74, 6) is -0.595. The Balaban J connectivity index is 1.50. The first-order valence-corrected chi connectivity index (χ1v) is 9.76. The van der Waals surface area contributed by atoms with Crippen LogP contribution in [0.1, 0.15) is 36.0 Å². The highest BCUT2D eigenvalue weighted by molar-refractivity contribution is 6.03. The van der Waals surface area contributed by atoms with Crippen LogP contribution < -0.4 is 16.2 Å². The summed E-state index contributed by atoms with van der Waals surface area (Å²) in [4.78, 5) is 42.0. The number of nitrogens with one attached hydrogen (secondary N) is 2. The number of fused-ring (bicyclic) bond motifs is 1. The second-order valence-electron chi connectivity index (χ2n) is 7.24. The van der Waals surface area contributed by atoms with Crippen LogP contribution in [0.2, 0.25) is 0 Å². The van der Waals surface area contributed by atoms with Crippen LogP contribution in [0.4, 0.5) is 5.69 Å². The maximum absolute atomic E-state index is 12.6. The normalized spacial score (nSPS) is 14.1. The zero-order valence-corrected chi connectivity index (χ0v) is 15.9. The van der Waals surface area contributed by atoms with E-state index < -0.39 is 5.91 Å². The number of carbonyl (C=O) groups is 2. The quantitative estimate of drug-likeness (QED) is 0.701. The second-order valence-corrected chi connectivity index (χ2v) is 7.24. The molecule has 0 spiro atoms. The number of nitrogens with zero attached hydrogens (tertiary/aromatic N) is 2. The molecule has 2 aromatic carbocycles. The zero-order chi connectivity index (χ0) is 20.2. The van der Waals surface area contributed by atoms with Gasteiger partial charge in [0.25, 0.3) is 11.5 Å². The maximum atomic E-state index is 12.6. The number of amides is 2. The first-order valence-electron chi connectivity index (χ1n) is 9.76. The summed E-state index contributed by atoms with van der Waals surface area (Å²) >= 11 is 0. The zero-order valence-electron chi connectivity index (χ0n) is 15.9. The molecule has 0 atom stereocenters. The highest BCUT2D eigenvalue weighted by Gasteiger charge is 2.20. The molecule has 1 aliphatic carbocycles. The Kier molecular flexibility index (Phi) is 5.37. The number of para-hydroxylation sites is 2. The average molecular weight is 390 g/mol. The predicted octanol–water partition coefficient (Wildman–Crippen LogP) is 2.71. The van der Waals surface area contributed by atoms with Crippen LogP contribution in [0, 0.1) is 0 Å². The van der Waals surface area contributed by atoms with Crippen LogP contribution in [-0.2, 0) is 11.3 Å². The molecule has 0 bridgehead atoms. The number of rotatable bonds is 5. The van der Waals surface area contributed by atoms with Gasteiger partial charge in [0.1, 0.15) is 6.54 Å². The van der Waals surface area contributed by atoms with Gasteiger partial charge in [-0.15, -0.1) is 0 Å². The number of anilines is 1. The minimum absolute atomic E-state index is 0.185. The Hall–Kier alpha value is -3.48. The minimum Gasteiger partial charge on any atom is -0.349 e. The molecule has 2 N–H and O–H groups in total. The van der Waals surface area contributed by atoms with Gasteiger partial charge in [0.05, 0.1) is 28.5 Å². The number of aromatic nitrogens is 2. The molecule has 0 unspecified atom stereocenters. The summed E-state index contributed by atoms with van der Waals surface area (Å²) in [6, 6.07) is 14.1. The molecule has 1 aromatic heterocycles. The molecule has 1 saturated carbocycles. The van der Waals surface area contributed by atoms with Gasteiger partial charge in [0.2, 0.25) is 5.91 Å². The number of benzene rings is 2. The summed E-state index contributed by atoms with van der Waals surface area (Å²) in [6.07, 6.45) is 5.58. The lowest BCUT2D eigenvalue weighted by atomic mass is 10.1. The third-order valence-corrected chi connectivity index (χ3v) is 5.18. The third kappa shape index (κ3) is 4.18. The Morgan fingerprint density at radius 3 is 2.59 bits per heavy atom. The molecule has 29 heavy (non-hydrogen) atoms. The second kappa shape index (κ2) is 8.26. The Bertz CT molecular complexity index is 1120. The van der Waals surface area contributed by atoms with Gasteiger partial charge in [-0.3, -0.25) is 19.0 Å². The van der Waals surface area contributed by atoms with Crippen molar-refractivity contribution >= 4 is 28.4 Å². The van der Waals surface area contributed by atoms with E-state index in [4.69, 9.17) is 0 Å². The molecule has 1 aliphatic rings. The predicted molar refractivity (Wildman–Crippen MR) is 111 cm³/mol. The smallest absolute Gasteiger partial charge is 0.261 e. The maximum Gasteiger partial charge on any atom is 0.261 e. The SMILES string of the molecule is O=C(Cn1cnc2ccccc2c1=O)Nc1ccccc1C(=O)NC1CCCC1. The monoisotopic (exact) mass is 390 g/mol. The van der Waals surface area contributed by atoms with E-state index in [1.807, 2.05) is 0 Å². The van der Waals surface area contributed by atoms with Crippen LogP contribution >= 0.6 is 0 Å². The van der Waals surface area contributed by atoms with E-state index in [0.29, 0.717) is 22.2 Å². The molecular weight excluding hydrogens is 368 g/mol. The molecule has 7 nitrogen and oxygen atoms in total. The van der Waals surface area contributed by atoms with Crippen LogP contribution in [0.25, 0.3) is 10.9 Å². The van der Waals surface area contributed by atoms with E-state index in [2.05, 4.69) is 15.6 Å². The third-order valence-electron chi connectivity index (χ3n) is 5.18. The van der Waals surface area contributed by atoms with E-state index in [1.165, 1.54) is 10.9 Å². The Morgan fingerprint density at radius 1 is 1.03 bits per heavy atom. The van der Waals surface area contributed by atoms with Crippen LogP contribution in [-0.4, -0.2) is 27.4 Å². The van der Waals surface area contributed by atoms with Crippen LogP contribution in [0.5, 0.6) is 0 Å². The summed E-state index contributed by atoms with van der Waals surface area (Å²) in [5, 5.41) is 6.24. The first kappa shape index (κ1) is 18.9. The van der Waals surface area contributed by atoms with Gasteiger partial charge in [0, 0.05) is 6.04 Å². The van der Waals surface area contributed by atoms with Crippen LogP contribution in [0.3, 0.4) is 0 Å². The van der Waals surface area contributed by atoms with Crippen molar-refractivity contribution in [2.75, 3.05) is 5.32 Å². The summed E-state index contributed by atoms with van der Waals surface area (Å²) in [7, 11) is 0. The fourth-order valence-electron chi connectivity index (χ4n) is 3.69. The summed E-state index contributed by atoms with van der Waals surface area (Å²) in [5.41, 5.74) is 1.15. The van der Waals surface area contributed by atoms with Crippen molar-refractivity contribution in [1.82, 2.24) is 14.9 Å². The molecule has 0 radical (unpaired) electrons. The van der Waals surface area contributed by atoms with Crippen molar-refractivity contribution in [2.24, 2.45) is 0 Å². The highest BCUT2D eigenvalue weighted by Crippen LogP contribution is 2.20. The van der Waals surface area contributed by atoms with E-state index in [1.54, 1.807) is 48.5 Å². The van der Waals surface area contributed by atoms with Gasteiger partial charge >= 0.3 is 0 Å². The molecule has 1 heterocycles. The van der Waals surface area contributed by atoms with E-state index in [9.17, 15) is 14.4 Å². The molecule has 0 aliphatic heterocycles. The lowest BCUT2D eigenvalue weighted by Gasteiger charge is -2.15. The number of hydrogen-bond acceptors (Lipinski definition) is 4. The van der Waals surface area contributed by atoms with Gasteiger partial charge in [-0.1, -0.05) is 37.1 Å². The molecule has 1 fully saturated rings.